The van der Waals surface area contributed by atoms with E-state index in [1.165, 1.54) is 16.2 Å². The van der Waals surface area contributed by atoms with Gasteiger partial charge in [-0.15, -0.1) is 11.3 Å². The quantitative estimate of drug-likeness (QED) is 0.306. The number of carbonyl (C=O) groups excluding carboxylic acids is 2. The van der Waals surface area contributed by atoms with E-state index in [0.29, 0.717) is 36.0 Å². The highest BCUT2D eigenvalue weighted by Crippen LogP contribution is 2.44. The van der Waals surface area contributed by atoms with Crippen LogP contribution < -0.4 is 14.4 Å². The van der Waals surface area contributed by atoms with Gasteiger partial charge in [-0.3, -0.25) is 14.5 Å². The van der Waals surface area contributed by atoms with Crippen molar-refractivity contribution in [1.29, 1.82) is 0 Å². The fraction of sp³-hybridized carbons (Fsp3) is 0.200. The summed E-state index contributed by atoms with van der Waals surface area (Å²) in [4.78, 5) is 28.5. The Labute approximate surface area is 190 Å². The van der Waals surface area contributed by atoms with Crippen molar-refractivity contribution in [3.63, 3.8) is 0 Å². The molecule has 7 heteroatoms. The van der Waals surface area contributed by atoms with E-state index in [2.05, 4.69) is 0 Å². The molecule has 0 spiro atoms. The summed E-state index contributed by atoms with van der Waals surface area (Å²) in [6.07, 6.45) is 0. The minimum atomic E-state index is -0.738. The van der Waals surface area contributed by atoms with Gasteiger partial charge in [0, 0.05) is 22.2 Å². The predicted molar refractivity (Wildman–Crippen MR) is 124 cm³/mol. The van der Waals surface area contributed by atoms with Gasteiger partial charge in [0.15, 0.2) is 0 Å². The van der Waals surface area contributed by atoms with E-state index in [4.69, 9.17) is 9.47 Å². The lowest BCUT2D eigenvalue weighted by Crippen LogP contribution is -2.29. The number of hydrogen-bond donors (Lipinski definition) is 1. The van der Waals surface area contributed by atoms with Crippen molar-refractivity contribution in [2.24, 2.45) is 0 Å². The SMILES string of the molecule is CCOc1ccc(/C(O)=C2/C(=O)C(=O)N(c3cccc(OCC)c3)C2c2cccs2)cc1. The molecular formula is C25H23NO5S. The second-order valence-electron chi connectivity index (χ2n) is 7.07. The average Bonchev–Trinajstić information content (AvgIpc) is 3.42. The van der Waals surface area contributed by atoms with Crippen LogP contribution in [-0.4, -0.2) is 30.0 Å². The second kappa shape index (κ2) is 9.28. The van der Waals surface area contributed by atoms with Crippen LogP contribution in [0.15, 0.2) is 71.6 Å². The summed E-state index contributed by atoms with van der Waals surface area (Å²) in [6, 6.07) is 16.8. The predicted octanol–water partition coefficient (Wildman–Crippen LogP) is 5.17. The van der Waals surface area contributed by atoms with Crippen molar-refractivity contribution in [3.05, 3.63) is 82.1 Å². The van der Waals surface area contributed by atoms with E-state index in [1.54, 1.807) is 48.5 Å². The van der Waals surface area contributed by atoms with E-state index >= 15 is 0 Å². The molecule has 1 aliphatic heterocycles. The Kier molecular flexibility index (Phi) is 6.28. The Morgan fingerprint density at radius 1 is 0.969 bits per heavy atom. The average molecular weight is 450 g/mol. The van der Waals surface area contributed by atoms with Gasteiger partial charge in [0.25, 0.3) is 11.7 Å². The van der Waals surface area contributed by atoms with E-state index in [9.17, 15) is 14.7 Å². The van der Waals surface area contributed by atoms with Crippen LogP contribution in [0.2, 0.25) is 0 Å². The third kappa shape index (κ3) is 3.99. The Morgan fingerprint density at radius 3 is 2.34 bits per heavy atom. The lowest BCUT2D eigenvalue weighted by molar-refractivity contribution is -0.132. The summed E-state index contributed by atoms with van der Waals surface area (Å²) in [5.41, 5.74) is 1.03. The molecule has 6 nitrogen and oxygen atoms in total. The Bertz CT molecular complexity index is 1150. The molecule has 0 saturated carbocycles. The zero-order valence-corrected chi connectivity index (χ0v) is 18.6. The number of aliphatic hydroxyl groups is 1. The van der Waals surface area contributed by atoms with Crippen molar-refractivity contribution in [2.75, 3.05) is 18.1 Å². The maximum absolute atomic E-state index is 13.1. The van der Waals surface area contributed by atoms with E-state index in [0.717, 1.165) is 4.88 Å². The van der Waals surface area contributed by atoms with Crippen molar-refractivity contribution in [3.8, 4) is 11.5 Å². The first-order valence-corrected chi connectivity index (χ1v) is 11.2. The van der Waals surface area contributed by atoms with E-state index in [-0.39, 0.29) is 11.3 Å². The normalized spacial score (nSPS) is 17.6. The van der Waals surface area contributed by atoms with Crippen molar-refractivity contribution >= 4 is 34.5 Å². The second-order valence-corrected chi connectivity index (χ2v) is 8.05. The number of amides is 1. The number of Topliss-reactive ketones (excluding diaryl/α,β-unsaturated/α-hetero) is 1. The molecule has 1 aromatic heterocycles. The molecule has 4 rings (SSSR count). The number of thiophene rings is 1. The highest BCUT2D eigenvalue weighted by Gasteiger charge is 2.47. The highest BCUT2D eigenvalue weighted by atomic mass is 32.1. The lowest BCUT2D eigenvalue weighted by Gasteiger charge is -2.24. The van der Waals surface area contributed by atoms with Gasteiger partial charge in [-0.05, 0) is 61.7 Å². The number of carbonyl (C=O) groups is 2. The molecule has 1 amide bonds. The number of benzene rings is 2. The zero-order chi connectivity index (χ0) is 22.7. The van der Waals surface area contributed by atoms with Gasteiger partial charge < -0.3 is 14.6 Å². The van der Waals surface area contributed by atoms with E-state index in [1.807, 2.05) is 31.4 Å². The van der Waals surface area contributed by atoms with Crippen LogP contribution in [0.4, 0.5) is 5.69 Å². The van der Waals surface area contributed by atoms with Crippen molar-refractivity contribution < 1.29 is 24.2 Å². The minimum Gasteiger partial charge on any atom is -0.507 e. The topological polar surface area (TPSA) is 76.1 Å². The summed E-state index contributed by atoms with van der Waals surface area (Å²) >= 11 is 1.42. The standard InChI is InChI=1S/C25H23NO5S/c1-3-30-18-12-10-16(11-13-18)23(27)21-22(20-9-6-14-32-20)26(25(29)24(21)28)17-7-5-8-19(15-17)31-4-2/h5-15,22,27H,3-4H2,1-2H3/b23-21-. The number of aliphatic hydroxyl groups excluding tert-OH is 1. The third-order valence-electron chi connectivity index (χ3n) is 5.10. The number of anilines is 1. The molecule has 1 aliphatic rings. The Morgan fingerprint density at radius 2 is 1.69 bits per heavy atom. The molecular weight excluding hydrogens is 426 g/mol. The van der Waals surface area contributed by atoms with Crippen molar-refractivity contribution in [2.45, 2.75) is 19.9 Å². The van der Waals surface area contributed by atoms with Gasteiger partial charge in [-0.25, -0.2) is 0 Å². The van der Waals surface area contributed by atoms with Crippen LogP contribution in [0.5, 0.6) is 11.5 Å². The summed E-state index contributed by atoms with van der Waals surface area (Å²) in [5, 5.41) is 13.0. The molecule has 164 valence electrons. The summed E-state index contributed by atoms with van der Waals surface area (Å²) < 4.78 is 11.0. The van der Waals surface area contributed by atoms with Crippen LogP contribution in [0.1, 0.15) is 30.3 Å². The van der Waals surface area contributed by atoms with E-state index < -0.39 is 17.7 Å². The molecule has 1 N–H and O–H groups in total. The van der Waals surface area contributed by atoms with Gasteiger partial charge >= 0.3 is 0 Å². The third-order valence-corrected chi connectivity index (χ3v) is 6.03. The maximum Gasteiger partial charge on any atom is 0.300 e. The first-order valence-electron chi connectivity index (χ1n) is 10.4. The smallest absolute Gasteiger partial charge is 0.300 e. The summed E-state index contributed by atoms with van der Waals surface area (Å²) in [5.74, 6) is -0.371. The van der Waals surface area contributed by atoms with Crippen LogP contribution in [0, 0.1) is 0 Å². The van der Waals surface area contributed by atoms with Gasteiger partial charge in [0.1, 0.15) is 23.3 Å². The molecule has 0 bridgehead atoms. The first kappa shape index (κ1) is 21.6. The Hall–Kier alpha value is -3.58. The number of hydrogen-bond acceptors (Lipinski definition) is 6. The largest absolute Gasteiger partial charge is 0.507 e. The van der Waals surface area contributed by atoms with Crippen molar-refractivity contribution in [1.82, 2.24) is 0 Å². The lowest BCUT2D eigenvalue weighted by atomic mass is 9.99. The molecule has 2 heterocycles. The highest BCUT2D eigenvalue weighted by molar-refractivity contribution is 7.10. The number of ether oxygens (including phenoxy) is 2. The number of nitrogens with zero attached hydrogens (tertiary/aromatic N) is 1. The number of rotatable bonds is 7. The van der Waals surface area contributed by atoms with Crippen LogP contribution in [0.3, 0.4) is 0 Å². The van der Waals surface area contributed by atoms with Gasteiger partial charge in [0.2, 0.25) is 0 Å². The van der Waals surface area contributed by atoms with Gasteiger partial charge in [0.05, 0.1) is 18.8 Å². The molecule has 1 fully saturated rings. The minimum absolute atomic E-state index is 0.0587. The zero-order valence-electron chi connectivity index (χ0n) is 17.8. The fourth-order valence-electron chi connectivity index (χ4n) is 3.74. The maximum atomic E-state index is 13.1. The molecule has 32 heavy (non-hydrogen) atoms. The van der Waals surface area contributed by atoms with Crippen LogP contribution in [0.25, 0.3) is 5.76 Å². The molecule has 1 unspecified atom stereocenters. The first-order chi connectivity index (χ1) is 15.5. The van der Waals surface area contributed by atoms with Crippen LogP contribution >= 0.6 is 11.3 Å². The molecule has 3 aromatic rings. The monoisotopic (exact) mass is 449 g/mol. The fourth-order valence-corrected chi connectivity index (χ4v) is 4.56. The summed E-state index contributed by atoms with van der Waals surface area (Å²) in [7, 11) is 0. The molecule has 2 aromatic carbocycles. The van der Waals surface area contributed by atoms with Crippen LogP contribution in [-0.2, 0) is 9.59 Å². The summed E-state index contributed by atoms with van der Waals surface area (Å²) in [6.45, 7) is 4.77. The molecule has 0 aliphatic carbocycles. The molecule has 1 atom stereocenters. The number of ketones is 1. The molecule has 1 saturated heterocycles. The Balaban J connectivity index is 1.83. The van der Waals surface area contributed by atoms with Gasteiger partial charge in [-0.1, -0.05) is 12.1 Å². The molecule has 0 radical (unpaired) electrons. The van der Waals surface area contributed by atoms with Gasteiger partial charge in [-0.2, -0.15) is 0 Å².